The summed E-state index contributed by atoms with van der Waals surface area (Å²) >= 11 is 6.93. The zero-order chi connectivity index (χ0) is 24.5. The molecule has 0 aliphatic carbocycles. The number of esters is 1. The van der Waals surface area contributed by atoms with Crippen molar-refractivity contribution in [2.24, 2.45) is 11.8 Å². The first-order valence-electron chi connectivity index (χ1n) is 11.8. The molecule has 2 N–H and O–H groups in total. The number of piperidine rings is 2. The average molecular weight is 668 g/mol. The van der Waals surface area contributed by atoms with Gasteiger partial charge in [0.2, 0.25) is 0 Å². The maximum absolute atomic E-state index is 11.6. The van der Waals surface area contributed by atoms with E-state index in [2.05, 4.69) is 65.9 Å². The van der Waals surface area contributed by atoms with E-state index in [9.17, 15) is 9.59 Å². The molecule has 0 spiro atoms. The summed E-state index contributed by atoms with van der Waals surface area (Å²) in [5.74, 6) is -0.781. The Morgan fingerprint density at radius 2 is 1.24 bits per heavy atom. The number of rotatable bonds is 5. The van der Waals surface area contributed by atoms with Crippen LogP contribution in [0.5, 0.6) is 0 Å². The molecule has 38 heavy (non-hydrogen) atoms. The van der Waals surface area contributed by atoms with Gasteiger partial charge in [0, 0.05) is 46.5 Å². The van der Waals surface area contributed by atoms with E-state index in [0.29, 0.717) is 6.61 Å². The Balaban J connectivity index is 0. The van der Waals surface area contributed by atoms with Gasteiger partial charge in [-0.25, -0.2) is 0 Å². The Kier molecular flexibility index (Phi) is 20.4. The van der Waals surface area contributed by atoms with Crippen LogP contribution in [0.15, 0.2) is 57.5 Å². The molecule has 2 aliphatic rings. The van der Waals surface area contributed by atoms with Gasteiger partial charge in [0.25, 0.3) is 0 Å². The number of carbonyl (C=O) groups excluding carboxylic acids is 1. The molecule has 0 bridgehead atoms. The Morgan fingerprint density at radius 1 is 0.842 bits per heavy atom. The summed E-state index contributed by atoms with van der Waals surface area (Å²) in [5.41, 5.74) is 2.38. The van der Waals surface area contributed by atoms with Crippen LogP contribution in [0.3, 0.4) is 0 Å². The Bertz CT molecular complexity index is 966. The van der Waals surface area contributed by atoms with Crippen molar-refractivity contribution < 1.29 is 54.5 Å². The fourth-order valence-electron chi connectivity index (χ4n) is 4.36. The van der Waals surface area contributed by atoms with E-state index in [1.807, 2.05) is 31.2 Å². The summed E-state index contributed by atoms with van der Waals surface area (Å²) < 4.78 is 7.23. The van der Waals surface area contributed by atoms with Gasteiger partial charge in [-0.15, -0.1) is 0 Å². The van der Waals surface area contributed by atoms with Gasteiger partial charge in [-0.3, -0.25) is 9.59 Å². The molecule has 2 fully saturated rings. The van der Waals surface area contributed by atoms with Gasteiger partial charge >= 0.3 is 41.5 Å². The number of hydrogen-bond donors (Lipinski definition) is 1. The topological polar surface area (TPSA) is 100 Å². The number of benzene rings is 2. The monoisotopic (exact) mass is 666 g/mol. The minimum Gasteiger partial charge on any atom is -0.870 e. The van der Waals surface area contributed by atoms with Crippen molar-refractivity contribution in [3.05, 3.63) is 57.5 Å². The van der Waals surface area contributed by atoms with Gasteiger partial charge < -0.3 is 25.1 Å². The minimum atomic E-state index is -0.658. The van der Waals surface area contributed by atoms with Gasteiger partial charge in [-0.2, -0.15) is 0 Å². The summed E-state index contributed by atoms with van der Waals surface area (Å²) in [6, 6.07) is 16.4. The number of nitrogens with zero attached hydrogens (tertiary/aromatic N) is 2. The summed E-state index contributed by atoms with van der Waals surface area (Å²) in [6.07, 6.45) is 3.24. The number of hydrogen-bond acceptors (Lipinski definition) is 6. The molecule has 0 saturated carbocycles. The van der Waals surface area contributed by atoms with Crippen LogP contribution >= 0.6 is 31.9 Å². The van der Waals surface area contributed by atoms with Crippen LogP contribution in [-0.4, -0.2) is 55.3 Å². The van der Waals surface area contributed by atoms with Gasteiger partial charge in [-0.05, 0) is 69.0 Å². The third-order valence-corrected chi connectivity index (χ3v) is 7.29. The molecule has 10 heteroatoms. The van der Waals surface area contributed by atoms with E-state index in [-0.39, 0.29) is 67.7 Å². The first-order chi connectivity index (χ1) is 16.4. The van der Waals surface area contributed by atoms with Crippen molar-refractivity contribution >= 4 is 55.2 Å². The smallest absolute Gasteiger partial charge is 0.870 e. The molecule has 2 aliphatic heterocycles. The van der Waals surface area contributed by atoms with Gasteiger partial charge in [-0.1, -0.05) is 58.8 Å². The third kappa shape index (κ3) is 12.0. The molecule has 2 saturated heterocycles. The standard InChI is InChI=1S/C14H18BrNO2.C12H14BrNO2.2CH4.Na.H2O/c1-2-18-14(17)11-6-8-16(9-7-11)13-5-3-4-12(15)10-13;13-10-2-1-3-11(8-10)14-6-4-9(5-7-14)12(15)16;;;;/h3-5,10-11H,2,6-9H2,1H3;1-3,8-9H,4-7H2,(H,15,16);2*1H4;;1H2/q;;;;+1;/p-1. The van der Waals surface area contributed by atoms with Crippen molar-refractivity contribution in [2.75, 3.05) is 42.6 Å². The summed E-state index contributed by atoms with van der Waals surface area (Å²) in [4.78, 5) is 27.0. The molecule has 4 rings (SSSR count). The zero-order valence-corrected chi connectivity index (χ0v) is 26.1. The van der Waals surface area contributed by atoms with E-state index < -0.39 is 5.97 Å². The van der Waals surface area contributed by atoms with E-state index >= 15 is 0 Å². The predicted molar refractivity (Wildman–Crippen MR) is 158 cm³/mol. The maximum atomic E-state index is 11.6. The molecule has 0 aromatic heterocycles. The van der Waals surface area contributed by atoms with Crippen molar-refractivity contribution in [1.82, 2.24) is 0 Å². The fraction of sp³-hybridized carbons (Fsp3) is 0.500. The van der Waals surface area contributed by atoms with Crippen LogP contribution in [0.1, 0.15) is 47.5 Å². The van der Waals surface area contributed by atoms with Crippen molar-refractivity contribution in [2.45, 2.75) is 47.5 Å². The van der Waals surface area contributed by atoms with Crippen LogP contribution < -0.4 is 39.4 Å². The molecule has 208 valence electrons. The second kappa shape index (κ2) is 19.9. The number of carboxylic acid groups (broad SMARTS) is 1. The van der Waals surface area contributed by atoms with Crippen LogP contribution in [0.25, 0.3) is 0 Å². The van der Waals surface area contributed by atoms with E-state index in [0.717, 1.165) is 60.8 Å². The summed E-state index contributed by atoms with van der Waals surface area (Å²) in [7, 11) is 0. The SMILES string of the molecule is C.C.CCOC(=O)C1CCN(c2cccc(Br)c2)CC1.O=C(O)C1CCN(c2cccc(Br)c2)CC1.[Na+].[OH-]. The quantitative estimate of drug-likeness (QED) is 0.379. The number of anilines is 2. The first kappa shape index (κ1) is 39.0. The normalized spacial score (nSPS) is 15.2. The van der Waals surface area contributed by atoms with E-state index in [1.165, 1.54) is 11.4 Å². The maximum Gasteiger partial charge on any atom is 1.00 e. The number of carbonyl (C=O) groups is 2. The van der Waals surface area contributed by atoms with Crippen molar-refractivity contribution in [3.63, 3.8) is 0 Å². The Morgan fingerprint density at radius 3 is 1.58 bits per heavy atom. The summed E-state index contributed by atoms with van der Waals surface area (Å²) in [6.45, 7) is 5.82. The average Bonchev–Trinajstić information content (AvgIpc) is 2.85. The largest absolute Gasteiger partial charge is 1.00 e. The molecule has 0 amide bonds. The van der Waals surface area contributed by atoms with Crippen LogP contribution in [-0.2, 0) is 14.3 Å². The van der Waals surface area contributed by atoms with Crippen LogP contribution in [0.2, 0.25) is 0 Å². The second-order valence-corrected chi connectivity index (χ2v) is 10.4. The molecule has 2 aromatic carbocycles. The van der Waals surface area contributed by atoms with Gasteiger partial charge in [0.1, 0.15) is 0 Å². The molecule has 0 radical (unpaired) electrons. The second-order valence-electron chi connectivity index (χ2n) is 8.57. The molecule has 0 unspecified atom stereocenters. The number of ether oxygens (including phenoxy) is 1. The number of halogens is 2. The van der Waals surface area contributed by atoms with Gasteiger partial charge in [0.05, 0.1) is 18.4 Å². The number of carboxylic acids is 1. The first-order valence-corrected chi connectivity index (χ1v) is 13.4. The van der Waals surface area contributed by atoms with Gasteiger partial charge in [0.15, 0.2) is 0 Å². The molecule has 2 heterocycles. The third-order valence-electron chi connectivity index (χ3n) is 6.31. The number of aliphatic carboxylic acids is 1. The molecular formula is C28H41Br2N2NaO5. The molecule has 2 aromatic rings. The molecular weight excluding hydrogens is 627 g/mol. The predicted octanol–water partition coefficient (Wildman–Crippen LogP) is 4.08. The summed E-state index contributed by atoms with van der Waals surface area (Å²) in [5, 5.41) is 8.91. The minimum absolute atomic E-state index is 0. The fourth-order valence-corrected chi connectivity index (χ4v) is 5.14. The van der Waals surface area contributed by atoms with Crippen molar-refractivity contribution in [1.29, 1.82) is 0 Å². The van der Waals surface area contributed by atoms with Crippen LogP contribution in [0, 0.1) is 11.8 Å². The zero-order valence-electron chi connectivity index (χ0n) is 20.9. The molecule has 7 nitrogen and oxygen atoms in total. The van der Waals surface area contributed by atoms with Crippen LogP contribution in [0.4, 0.5) is 11.4 Å². The molecule has 0 atom stereocenters. The Labute approximate surface area is 267 Å². The van der Waals surface area contributed by atoms with E-state index in [1.54, 1.807) is 0 Å². The Hall–Kier alpha value is -1.10. The van der Waals surface area contributed by atoms with E-state index in [4.69, 9.17) is 9.84 Å². The van der Waals surface area contributed by atoms with Crippen molar-refractivity contribution in [3.8, 4) is 0 Å².